The highest BCUT2D eigenvalue weighted by atomic mass is 79.9. The van der Waals surface area contributed by atoms with E-state index in [1.807, 2.05) is 30.3 Å². The number of nitro benzene ring substituents is 1. The molecular formula is C15H11BrN2O3. The molecule has 0 aliphatic heterocycles. The molecule has 5 nitrogen and oxygen atoms in total. The van der Waals surface area contributed by atoms with Gasteiger partial charge in [0.05, 0.1) is 15.9 Å². The highest BCUT2D eigenvalue weighted by molar-refractivity contribution is 9.10. The lowest BCUT2D eigenvalue weighted by molar-refractivity contribution is -0.385. The zero-order chi connectivity index (χ0) is 14.8. The maximum atomic E-state index is 10.8. The molecule has 0 spiro atoms. The number of furan rings is 1. The first-order valence-electron chi connectivity index (χ1n) is 6.29. The van der Waals surface area contributed by atoms with Gasteiger partial charge < -0.3 is 9.73 Å². The van der Waals surface area contributed by atoms with E-state index in [-0.39, 0.29) is 5.69 Å². The van der Waals surface area contributed by atoms with Crippen molar-refractivity contribution < 1.29 is 9.34 Å². The van der Waals surface area contributed by atoms with E-state index in [0.717, 1.165) is 22.4 Å². The number of rotatable bonds is 4. The van der Waals surface area contributed by atoms with Gasteiger partial charge in [0.2, 0.25) is 0 Å². The van der Waals surface area contributed by atoms with Gasteiger partial charge in [0.1, 0.15) is 11.3 Å². The lowest BCUT2D eigenvalue weighted by Gasteiger charge is -2.05. The second kappa shape index (κ2) is 5.57. The first-order valence-corrected chi connectivity index (χ1v) is 7.08. The van der Waals surface area contributed by atoms with Crippen molar-refractivity contribution in [1.82, 2.24) is 0 Å². The third-order valence-electron chi connectivity index (χ3n) is 3.09. The Bertz CT molecular complexity index is 781. The van der Waals surface area contributed by atoms with Gasteiger partial charge in [-0.25, -0.2) is 0 Å². The summed E-state index contributed by atoms with van der Waals surface area (Å²) in [4.78, 5) is 10.3. The van der Waals surface area contributed by atoms with E-state index in [1.165, 1.54) is 6.07 Å². The Labute approximate surface area is 128 Å². The summed E-state index contributed by atoms with van der Waals surface area (Å²) in [7, 11) is 0. The number of hydrogen-bond donors (Lipinski definition) is 1. The second-order valence-corrected chi connectivity index (χ2v) is 5.38. The van der Waals surface area contributed by atoms with Crippen LogP contribution in [0.5, 0.6) is 0 Å². The van der Waals surface area contributed by atoms with Gasteiger partial charge in [-0.05, 0) is 40.2 Å². The van der Waals surface area contributed by atoms with Crippen LogP contribution in [0.3, 0.4) is 0 Å². The summed E-state index contributed by atoms with van der Waals surface area (Å²) < 4.78 is 6.15. The van der Waals surface area contributed by atoms with Gasteiger partial charge in [0, 0.05) is 17.1 Å². The zero-order valence-electron chi connectivity index (χ0n) is 10.9. The zero-order valence-corrected chi connectivity index (χ0v) is 12.5. The van der Waals surface area contributed by atoms with Crippen molar-refractivity contribution in [2.75, 3.05) is 5.32 Å². The summed E-state index contributed by atoms with van der Waals surface area (Å²) in [5.74, 6) is 0.811. The molecule has 0 radical (unpaired) electrons. The summed E-state index contributed by atoms with van der Waals surface area (Å²) in [6.07, 6.45) is 0. The monoisotopic (exact) mass is 346 g/mol. The predicted molar refractivity (Wildman–Crippen MR) is 84.3 cm³/mol. The molecule has 0 amide bonds. The van der Waals surface area contributed by atoms with E-state index in [2.05, 4.69) is 21.2 Å². The predicted octanol–water partition coefficient (Wildman–Crippen LogP) is 4.72. The van der Waals surface area contributed by atoms with Crippen LogP contribution in [0.4, 0.5) is 11.4 Å². The highest BCUT2D eigenvalue weighted by Crippen LogP contribution is 2.28. The van der Waals surface area contributed by atoms with Crippen LogP contribution in [0, 0.1) is 10.1 Å². The van der Waals surface area contributed by atoms with Crippen LogP contribution in [0.15, 0.2) is 57.4 Å². The molecule has 0 atom stereocenters. The minimum Gasteiger partial charge on any atom is -0.459 e. The van der Waals surface area contributed by atoms with Gasteiger partial charge in [0.15, 0.2) is 0 Å². The summed E-state index contributed by atoms with van der Waals surface area (Å²) in [5, 5.41) is 15.0. The van der Waals surface area contributed by atoms with Crippen molar-refractivity contribution in [3.8, 4) is 0 Å². The van der Waals surface area contributed by atoms with E-state index in [9.17, 15) is 10.1 Å². The molecule has 0 unspecified atom stereocenters. The number of nitrogens with one attached hydrogen (secondary N) is 1. The number of benzene rings is 2. The van der Waals surface area contributed by atoms with Crippen LogP contribution in [0.1, 0.15) is 5.76 Å². The van der Waals surface area contributed by atoms with Crippen molar-refractivity contribution in [3.63, 3.8) is 0 Å². The van der Waals surface area contributed by atoms with Crippen LogP contribution < -0.4 is 5.32 Å². The molecule has 0 saturated heterocycles. The van der Waals surface area contributed by atoms with Crippen molar-refractivity contribution in [2.45, 2.75) is 6.54 Å². The molecule has 2 aromatic carbocycles. The van der Waals surface area contributed by atoms with E-state index >= 15 is 0 Å². The van der Waals surface area contributed by atoms with Crippen LogP contribution in [-0.2, 0) is 6.54 Å². The Morgan fingerprint density at radius 2 is 2.00 bits per heavy atom. The fraction of sp³-hybridized carbons (Fsp3) is 0.0667. The Hall–Kier alpha value is -2.34. The van der Waals surface area contributed by atoms with Crippen LogP contribution in [-0.4, -0.2) is 4.92 Å². The molecule has 0 bridgehead atoms. The molecule has 1 aromatic heterocycles. The average Bonchev–Trinajstić information content (AvgIpc) is 2.87. The molecule has 0 aliphatic carbocycles. The van der Waals surface area contributed by atoms with Gasteiger partial charge in [-0.1, -0.05) is 18.2 Å². The minimum atomic E-state index is -0.423. The van der Waals surface area contributed by atoms with E-state index in [4.69, 9.17) is 4.42 Å². The standard InChI is InChI=1S/C15H11BrN2O3/c16-13-8-11(5-6-14(13)18(19)20)17-9-12-7-10-3-1-2-4-15(10)21-12/h1-8,17H,9H2. The Balaban J connectivity index is 1.75. The second-order valence-electron chi connectivity index (χ2n) is 4.53. The number of halogens is 1. The normalized spacial score (nSPS) is 10.7. The topological polar surface area (TPSA) is 68.3 Å². The van der Waals surface area contributed by atoms with E-state index in [0.29, 0.717) is 11.0 Å². The molecule has 0 fully saturated rings. The Morgan fingerprint density at radius 1 is 1.19 bits per heavy atom. The van der Waals surface area contributed by atoms with Gasteiger partial charge in [-0.3, -0.25) is 10.1 Å². The fourth-order valence-corrected chi connectivity index (χ4v) is 2.60. The van der Waals surface area contributed by atoms with Gasteiger partial charge >= 0.3 is 0 Å². The first kappa shape index (κ1) is 13.6. The van der Waals surface area contributed by atoms with Crippen LogP contribution >= 0.6 is 15.9 Å². The molecule has 1 N–H and O–H groups in total. The van der Waals surface area contributed by atoms with Crippen molar-refractivity contribution >= 4 is 38.3 Å². The van der Waals surface area contributed by atoms with Crippen LogP contribution in [0.2, 0.25) is 0 Å². The molecule has 3 aromatic rings. The average molecular weight is 347 g/mol. The largest absolute Gasteiger partial charge is 0.459 e. The maximum Gasteiger partial charge on any atom is 0.283 e. The number of anilines is 1. The number of nitro groups is 1. The lowest BCUT2D eigenvalue weighted by Crippen LogP contribution is -1.98. The van der Waals surface area contributed by atoms with Crippen molar-refractivity contribution in [1.29, 1.82) is 0 Å². The SMILES string of the molecule is O=[N+]([O-])c1ccc(NCc2cc3ccccc3o2)cc1Br. The first-order chi connectivity index (χ1) is 10.1. The van der Waals surface area contributed by atoms with Crippen molar-refractivity contribution in [3.05, 3.63) is 68.9 Å². The van der Waals surface area contributed by atoms with Crippen LogP contribution in [0.25, 0.3) is 11.0 Å². The minimum absolute atomic E-state index is 0.0456. The highest BCUT2D eigenvalue weighted by Gasteiger charge is 2.11. The molecule has 0 saturated carbocycles. The smallest absolute Gasteiger partial charge is 0.283 e. The number of hydrogen-bond acceptors (Lipinski definition) is 4. The molecule has 1 heterocycles. The molecular weight excluding hydrogens is 336 g/mol. The molecule has 21 heavy (non-hydrogen) atoms. The van der Waals surface area contributed by atoms with Gasteiger partial charge in [-0.15, -0.1) is 0 Å². The summed E-state index contributed by atoms with van der Waals surface area (Å²) in [5.41, 5.74) is 1.68. The van der Waals surface area contributed by atoms with E-state index < -0.39 is 4.92 Å². The molecule has 3 rings (SSSR count). The Kier molecular flexibility index (Phi) is 3.62. The number of nitrogens with zero attached hydrogens (tertiary/aromatic N) is 1. The molecule has 0 aliphatic rings. The number of para-hydroxylation sites is 1. The third-order valence-corrected chi connectivity index (χ3v) is 3.72. The summed E-state index contributed by atoms with van der Waals surface area (Å²) >= 11 is 3.20. The lowest BCUT2D eigenvalue weighted by atomic mass is 10.2. The summed E-state index contributed by atoms with van der Waals surface area (Å²) in [6.45, 7) is 0.513. The Morgan fingerprint density at radius 3 is 2.71 bits per heavy atom. The molecule has 106 valence electrons. The van der Waals surface area contributed by atoms with Gasteiger partial charge in [0.25, 0.3) is 5.69 Å². The summed E-state index contributed by atoms with van der Waals surface area (Å²) in [6, 6.07) is 14.6. The molecule has 6 heteroatoms. The number of fused-ring (bicyclic) bond motifs is 1. The quantitative estimate of drug-likeness (QED) is 0.548. The van der Waals surface area contributed by atoms with E-state index in [1.54, 1.807) is 12.1 Å². The van der Waals surface area contributed by atoms with Crippen molar-refractivity contribution in [2.24, 2.45) is 0 Å². The van der Waals surface area contributed by atoms with Gasteiger partial charge in [-0.2, -0.15) is 0 Å². The third kappa shape index (κ3) is 2.90. The fourth-order valence-electron chi connectivity index (χ4n) is 2.08. The maximum absolute atomic E-state index is 10.8.